The number of carbonyl (C=O) groups is 1. The van der Waals surface area contributed by atoms with Gasteiger partial charge in [0.2, 0.25) is 0 Å². The molecule has 1 aliphatic heterocycles. The van der Waals surface area contributed by atoms with Gasteiger partial charge in [-0.15, -0.1) is 0 Å². The van der Waals surface area contributed by atoms with Crippen LogP contribution in [0.15, 0.2) is 24.7 Å². The number of amides is 1. The summed E-state index contributed by atoms with van der Waals surface area (Å²) in [5, 5.41) is 15.0. The molecule has 1 aliphatic carbocycles. The van der Waals surface area contributed by atoms with Crippen molar-refractivity contribution in [1.29, 1.82) is 0 Å². The Labute approximate surface area is 182 Å². The van der Waals surface area contributed by atoms with Gasteiger partial charge in [0.1, 0.15) is 0 Å². The first-order valence-corrected chi connectivity index (χ1v) is 11.3. The molecule has 1 unspecified atom stereocenters. The van der Waals surface area contributed by atoms with Crippen LogP contribution in [-0.2, 0) is 13.1 Å². The van der Waals surface area contributed by atoms with Crippen LogP contribution in [0, 0.1) is 10.1 Å². The smallest absolute Gasteiger partial charge is 0.273 e. The number of nitrogens with one attached hydrogen (secondary N) is 1. The van der Waals surface area contributed by atoms with Gasteiger partial charge in [0.15, 0.2) is 0 Å². The van der Waals surface area contributed by atoms with Crippen LogP contribution in [0.3, 0.4) is 0 Å². The van der Waals surface area contributed by atoms with Gasteiger partial charge in [-0.05, 0) is 31.2 Å². The van der Waals surface area contributed by atoms with E-state index in [1.807, 2.05) is 32.4 Å². The number of anilines is 1. The topological polar surface area (TPSA) is 93.3 Å². The molecule has 0 saturated heterocycles. The molecule has 8 nitrogen and oxygen atoms in total. The van der Waals surface area contributed by atoms with E-state index in [4.69, 9.17) is 0 Å². The number of carbonyl (C=O) groups excluding carboxylic acids is 1. The number of hydrogen-bond acceptors (Lipinski definition) is 5. The number of aromatic nitrogens is 2. The van der Waals surface area contributed by atoms with Crippen molar-refractivity contribution in [3.63, 3.8) is 0 Å². The molecule has 1 atom stereocenters. The SMILES string of the molecule is CCC(C)c1cc(N2CCn3cncc3C2)c(C(=O)NC2CCCCC2)cc1[N+](=O)[O-]. The lowest BCUT2D eigenvalue weighted by Crippen LogP contribution is -2.38. The molecule has 1 N–H and O–H groups in total. The minimum Gasteiger partial charge on any atom is -0.363 e. The van der Waals surface area contributed by atoms with E-state index in [-0.39, 0.29) is 28.5 Å². The standard InChI is InChI=1S/C23H31N5O3/c1-3-16(2)19-11-21(26-9-10-27-15-24-13-18(27)14-26)20(12-22(19)28(30)31)23(29)25-17-7-5-4-6-8-17/h11-13,15-17H,3-10,14H2,1-2H3,(H,25,29). The minimum absolute atomic E-state index is 0.0323. The second-order valence-corrected chi connectivity index (χ2v) is 8.80. The molecule has 0 bridgehead atoms. The summed E-state index contributed by atoms with van der Waals surface area (Å²) in [4.78, 5) is 31.2. The first kappa shape index (κ1) is 21.3. The summed E-state index contributed by atoms with van der Waals surface area (Å²) in [7, 11) is 0. The molecular formula is C23H31N5O3. The van der Waals surface area contributed by atoms with E-state index in [1.54, 1.807) is 0 Å². The monoisotopic (exact) mass is 425 g/mol. The third-order valence-corrected chi connectivity index (χ3v) is 6.77. The molecule has 2 aromatic rings. The molecule has 31 heavy (non-hydrogen) atoms. The van der Waals surface area contributed by atoms with Gasteiger partial charge in [-0.2, -0.15) is 0 Å². The first-order chi connectivity index (χ1) is 15.0. The van der Waals surface area contributed by atoms with Gasteiger partial charge in [0, 0.05) is 37.0 Å². The van der Waals surface area contributed by atoms with Crippen LogP contribution in [0.2, 0.25) is 0 Å². The summed E-state index contributed by atoms with van der Waals surface area (Å²) < 4.78 is 2.11. The van der Waals surface area contributed by atoms with Crippen LogP contribution in [0.25, 0.3) is 0 Å². The lowest BCUT2D eigenvalue weighted by molar-refractivity contribution is -0.385. The second kappa shape index (κ2) is 9.08. The summed E-state index contributed by atoms with van der Waals surface area (Å²) in [6.07, 6.45) is 9.82. The fourth-order valence-electron chi connectivity index (χ4n) is 4.71. The summed E-state index contributed by atoms with van der Waals surface area (Å²) in [5.74, 6) is -0.176. The highest BCUT2D eigenvalue weighted by atomic mass is 16.6. The Bertz CT molecular complexity index is 964. The van der Waals surface area contributed by atoms with Gasteiger partial charge in [-0.1, -0.05) is 33.1 Å². The highest BCUT2D eigenvalue weighted by molar-refractivity contribution is 6.01. The van der Waals surface area contributed by atoms with Gasteiger partial charge >= 0.3 is 0 Å². The zero-order valence-electron chi connectivity index (χ0n) is 18.3. The quantitative estimate of drug-likeness (QED) is 0.547. The number of nitro benzene ring substituents is 1. The Kier molecular flexibility index (Phi) is 6.25. The molecule has 2 aliphatic rings. The zero-order valence-corrected chi connectivity index (χ0v) is 18.3. The van der Waals surface area contributed by atoms with E-state index >= 15 is 0 Å². The average molecular weight is 426 g/mol. The number of nitro groups is 1. The molecule has 1 fully saturated rings. The van der Waals surface area contributed by atoms with E-state index in [0.717, 1.165) is 56.6 Å². The van der Waals surface area contributed by atoms with Crippen LogP contribution in [0.5, 0.6) is 0 Å². The fraction of sp³-hybridized carbons (Fsp3) is 0.565. The summed E-state index contributed by atoms with van der Waals surface area (Å²) in [6, 6.07) is 3.53. The van der Waals surface area contributed by atoms with E-state index in [1.165, 1.54) is 12.5 Å². The molecule has 4 rings (SSSR count). The maximum atomic E-state index is 13.3. The number of hydrogen-bond donors (Lipinski definition) is 1. The van der Waals surface area contributed by atoms with Gasteiger partial charge in [-0.25, -0.2) is 4.98 Å². The molecule has 0 spiro atoms. The molecule has 1 amide bonds. The van der Waals surface area contributed by atoms with E-state index in [2.05, 4.69) is 19.8 Å². The number of rotatable bonds is 6. The third-order valence-electron chi connectivity index (χ3n) is 6.77. The molecular weight excluding hydrogens is 394 g/mol. The predicted molar refractivity (Wildman–Crippen MR) is 119 cm³/mol. The molecule has 166 valence electrons. The summed E-state index contributed by atoms with van der Waals surface area (Å²) in [6.45, 7) is 6.15. The lowest BCUT2D eigenvalue weighted by atomic mass is 9.92. The summed E-state index contributed by atoms with van der Waals surface area (Å²) >= 11 is 0. The summed E-state index contributed by atoms with van der Waals surface area (Å²) in [5.41, 5.74) is 2.98. The predicted octanol–water partition coefficient (Wildman–Crippen LogP) is 4.39. The maximum Gasteiger partial charge on any atom is 0.273 e. The Hall–Kier alpha value is -2.90. The first-order valence-electron chi connectivity index (χ1n) is 11.3. The van der Waals surface area contributed by atoms with Gasteiger partial charge < -0.3 is 14.8 Å². The molecule has 1 aromatic carbocycles. The second-order valence-electron chi connectivity index (χ2n) is 8.80. The Morgan fingerprint density at radius 3 is 2.77 bits per heavy atom. The van der Waals surface area contributed by atoms with E-state index in [0.29, 0.717) is 17.7 Å². The molecule has 0 radical (unpaired) electrons. The number of nitrogens with zero attached hydrogens (tertiary/aromatic N) is 4. The Morgan fingerprint density at radius 2 is 2.06 bits per heavy atom. The lowest BCUT2D eigenvalue weighted by Gasteiger charge is -2.32. The van der Waals surface area contributed by atoms with E-state index in [9.17, 15) is 14.9 Å². The molecule has 2 heterocycles. The Morgan fingerprint density at radius 1 is 1.29 bits per heavy atom. The van der Waals surface area contributed by atoms with Crippen LogP contribution in [0.1, 0.15) is 79.9 Å². The number of benzene rings is 1. The molecule has 8 heteroatoms. The van der Waals surface area contributed by atoms with Crippen LogP contribution >= 0.6 is 0 Å². The van der Waals surface area contributed by atoms with Crippen LogP contribution < -0.4 is 10.2 Å². The normalized spacial score (nSPS) is 17.8. The molecule has 1 saturated carbocycles. The highest BCUT2D eigenvalue weighted by Crippen LogP contribution is 2.36. The van der Waals surface area contributed by atoms with Crippen molar-refractivity contribution >= 4 is 17.3 Å². The van der Waals surface area contributed by atoms with E-state index < -0.39 is 0 Å². The number of fused-ring (bicyclic) bond motifs is 1. The minimum atomic E-state index is -0.353. The zero-order chi connectivity index (χ0) is 22.0. The van der Waals surface area contributed by atoms with Crippen molar-refractivity contribution in [3.05, 3.63) is 51.6 Å². The van der Waals surface area contributed by atoms with Crippen molar-refractivity contribution in [1.82, 2.24) is 14.9 Å². The van der Waals surface area contributed by atoms with Gasteiger partial charge in [0.05, 0.1) is 34.7 Å². The largest absolute Gasteiger partial charge is 0.363 e. The van der Waals surface area contributed by atoms with Crippen molar-refractivity contribution in [2.24, 2.45) is 0 Å². The average Bonchev–Trinajstić information content (AvgIpc) is 3.26. The van der Waals surface area contributed by atoms with Crippen molar-refractivity contribution in [2.45, 2.75) is 77.4 Å². The van der Waals surface area contributed by atoms with Crippen molar-refractivity contribution < 1.29 is 9.72 Å². The Balaban J connectivity index is 1.74. The van der Waals surface area contributed by atoms with Crippen molar-refractivity contribution in [3.8, 4) is 0 Å². The van der Waals surface area contributed by atoms with Crippen LogP contribution in [0.4, 0.5) is 11.4 Å². The third kappa shape index (κ3) is 4.43. The number of imidazole rings is 1. The molecule has 1 aromatic heterocycles. The maximum absolute atomic E-state index is 13.3. The van der Waals surface area contributed by atoms with Gasteiger partial charge in [0.25, 0.3) is 11.6 Å². The van der Waals surface area contributed by atoms with Gasteiger partial charge in [-0.3, -0.25) is 14.9 Å². The fourth-order valence-corrected chi connectivity index (χ4v) is 4.71. The highest BCUT2D eigenvalue weighted by Gasteiger charge is 2.29. The van der Waals surface area contributed by atoms with Crippen LogP contribution in [-0.4, -0.2) is 33.0 Å². The van der Waals surface area contributed by atoms with Crippen molar-refractivity contribution in [2.75, 3.05) is 11.4 Å².